The van der Waals surface area contributed by atoms with E-state index >= 15 is 0 Å². The lowest BCUT2D eigenvalue weighted by atomic mass is 9.93. The molecule has 0 bridgehead atoms. The van der Waals surface area contributed by atoms with Crippen LogP contribution in [0.25, 0.3) is 0 Å². The number of benzene rings is 2. The molecule has 0 aliphatic rings. The van der Waals surface area contributed by atoms with E-state index in [1.54, 1.807) is 38.3 Å². The van der Waals surface area contributed by atoms with Crippen molar-refractivity contribution >= 4 is 21.6 Å². The topological polar surface area (TPSA) is 84.9 Å². The molecule has 2 rings (SSSR count). The van der Waals surface area contributed by atoms with E-state index in [2.05, 4.69) is 19.2 Å². The third kappa shape index (κ3) is 5.73. The van der Waals surface area contributed by atoms with Crippen molar-refractivity contribution in [3.05, 3.63) is 53.1 Å². The molecule has 2 aromatic rings. The van der Waals surface area contributed by atoms with Gasteiger partial charge in [0.1, 0.15) is 17.5 Å². The van der Waals surface area contributed by atoms with Gasteiger partial charge in [0.15, 0.2) is 0 Å². The predicted octanol–water partition coefficient (Wildman–Crippen LogP) is 4.17. The third-order valence-electron chi connectivity index (χ3n) is 5.48. The molecule has 2 atom stereocenters. The highest BCUT2D eigenvalue weighted by atomic mass is 32.2. The summed E-state index contributed by atoms with van der Waals surface area (Å²) in [4.78, 5) is 13.1. The van der Waals surface area contributed by atoms with E-state index in [9.17, 15) is 13.2 Å². The molecule has 0 radical (unpaired) electrons. The number of anilines is 1. The highest BCUT2D eigenvalue weighted by Crippen LogP contribution is 2.32. The second kappa shape index (κ2) is 10.3. The van der Waals surface area contributed by atoms with E-state index in [1.807, 2.05) is 26.0 Å². The Morgan fingerprint density at radius 1 is 0.969 bits per heavy atom. The normalized spacial score (nSPS) is 13.4. The molecular formula is C24H34N2O5S. The minimum atomic E-state index is -3.70. The van der Waals surface area contributed by atoms with Gasteiger partial charge in [0.2, 0.25) is 15.9 Å². The molecule has 1 amide bonds. The summed E-state index contributed by atoms with van der Waals surface area (Å²) in [6, 6.07) is 9.33. The Bertz CT molecular complexity index is 1050. The highest BCUT2D eigenvalue weighted by molar-refractivity contribution is 7.92. The molecule has 8 heteroatoms. The van der Waals surface area contributed by atoms with Gasteiger partial charge >= 0.3 is 0 Å². The van der Waals surface area contributed by atoms with Gasteiger partial charge in [-0.15, -0.1) is 0 Å². The molecule has 2 aromatic carbocycles. The van der Waals surface area contributed by atoms with Crippen LogP contribution < -0.4 is 19.1 Å². The Kier molecular flexibility index (Phi) is 8.18. The average molecular weight is 463 g/mol. The monoisotopic (exact) mass is 462 g/mol. The van der Waals surface area contributed by atoms with Crippen molar-refractivity contribution in [3.63, 3.8) is 0 Å². The number of rotatable bonds is 9. The van der Waals surface area contributed by atoms with Crippen molar-refractivity contribution in [2.24, 2.45) is 0 Å². The number of methoxy groups -OCH3 is 2. The van der Waals surface area contributed by atoms with Crippen molar-refractivity contribution in [1.82, 2.24) is 5.32 Å². The zero-order valence-corrected chi connectivity index (χ0v) is 20.9. The van der Waals surface area contributed by atoms with Crippen LogP contribution >= 0.6 is 0 Å². The molecule has 0 saturated heterocycles. The maximum absolute atomic E-state index is 13.1. The average Bonchev–Trinajstić information content (AvgIpc) is 2.72. The summed E-state index contributed by atoms with van der Waals surface area (Å²) in [6.07, 6.45) is 1.09. The molecule has 0 heterocycles. The zero-order chi connectivity index (χ0) is 24.2. The number of carbonyl (C=O) groups excluding carboxylic acids is 1. The number of hydrogen-bond acceptors (Lipinski definition) is 5. The van der Waals surface area contributed by atoms with Crippen molar-refractivity contribution in [2.75, 3.05) is 24.8 Å². The maximum atomic E-state index is 13.1. The quantitative estimate of drug-likeness (QED) is 0.605. The van der Waals surface area contributed by atoms with Crippen LogP contribution in [0.5, 0.6) is 11.5 Å². The number of sulfonamides is 1. The number of nitrogens with one attached hydrogen (secondary N) is 1. The van der Waals surface area contributed by atoms with E-state index in [1.165, 1.54) is 7.11 Å². The van der Waals surface area contributed by atoms with Crippen LogP contribution in [0.3, 0.4) is 0 Å². The Labute approximate surface area is 191 Å². The van der Waals surface area contributed by atoms with Crippen LogP contribution in [0.4, 0.5) is 5.69 Å². The summed E-state index contributed by atoms with van der Waals surface area (Å²) in [6.45, 7) is 9.60. The minimum absolute atomic E-state index is 0.252. The minimum Gasteiger partial charge on any atom is -0.497 e. The number of amides is 1. The Morgan fingerprint density at radius 3 is 2.03 bits per heavy atom. The second-order valence-electron chi connectivity index (χ2n) is 8.27. The molecule has 32 heavy (non-hydrogen) atoms. The van der Waals surface area contributed by atoms with E-state index in [4.69, 9.17) is 9.47 Å². The van der Waals surface area contributed by atoms with Gasteiger partial charge in [-0.05, 0) is 79.8 Å². The molecule has 0 fully saturated rings. The van der Waals surface area contributed by atoms with Crippen LogP contribution in [-0.2, 0) is 14.8 Å². The molecule has 7 nitrogen and oxygen atoms in total. The lowest BCUT2D eigenvalue weighted by Crippen LogP contribution is -2.48. The first-order valence-corrected chi connectivity index (χ1v) is 12.4. The largest absolute Gasteiger partial charge is 0.497 e. The van der Waals surface area contributed by atoms with Crippen molar-refractivity contribution < 1.29 is 22.7 Å². The summed E-state index contributed by atoms with van der Waals surface area (Å²) in [7, 11) is -0.523. The van der Waals surface area contributed by atoms with Gasteiger partial charge in [-0.1, -0.05) is 13.8 Å². The van der Waals surface area contributed by atoms with Crippen LogP contribution in [-0.4, -0.2) is 40.8 Å². The summed E-state index contributed by atoms with van der Waals surface area (Å²) < 4.78 is 36.8. The van der Waals surface area contributed by atoms with Crippen LogP contribution in [0.15, 0.2) is 36.4 Å². The molecular weight excluding hydrogens is 428 g/mol. The van der Waals surface area contributed by atoms with E-state index in [-0.39, 0.29) is 17.9 Å². The molecule has 0 spiro atoms. The van der Waals surface area contributed by atoms with Crippen molar-refractivity contribution in [1.29, 1.82) is 0 Å². The van der Waals surface area contributed by atoms with E-state index in [0.29, 0.717) is 11.4 Å². The zero-order valence-electron chi connectivity index (χ0n) is 20.1. The summed E-state index contributed by atoms with van der Waals surface area (Å²) in [5, 5.41) is 2.97. The van der Waals surface area contributed by atoms with Gasteiger partial charge in [0.25, 0.3) is 0 Å². The summed E-state index contributed by atoms with van der Waals surface area (Å²) in [5.41, 5.74) is 3.40. The fourth-order valence-electron chi connectivity index (χ4n) is 3.76. The number of hydrogen-bond donors (Lipinski definition) is 1. The molecule has 1 N–H and O–H groups in total. The first-order chi connectivity index (χ1) is 14.9. The number of carbonyl (C=O) groups is 1. The maximum Gasteiger partial charge on any atom is 0.244 e. The molecule has 0 saturated carbocycles. The standard InChI is InChI=1S/C24H34N2O5S/c1-15(2)21-14-22(16(3)13-23(21)31-7)17(4)25-24(27)18(5)26(32(8,28)29)19-9-11-20(30-6)12-10-19/h9-15,17-18H,1-8H3,(H,25,27)/t17-,18+/m1/s1. The van der Waals surface area contributed by atoms with Crippen molar-refractivity contribution in [2.45, 2.75) is 52.6 Å². The molecule has 0 aromatic heterocycles. The molecule has 176 valence electrons. The summed E-state index contributed by atoms with van der Waals surface area (Å²) >= 11 is 0. The van der Waals surface area contributed by atoms with E-state index in [0.717, 1.165) is 33.0 Å². The van der Waals surface area contributed by atoms with Gasteiger partial charge in [0.05, 0.1) is 32.2 Å². The molecule has 0 unspecified atom stereocenters. The number of nitrogens with zero attached hydrogens (tertiary/aromatic N) is 1. The van der Waals surface area contributed by atoms with E-state index < -0.39 is 16.1 Å². The first kappa shape index (κ1) is 25.5. The Balaban J connectivity index is 2.32. The summed E-state index contributed by atoms with van der Waals surface area (Å²) in [5.74, 6) is 1.28. The van der Waals surface area contributed by atoms with Crippen LogP contribution in [0.1, 0.15) is 56.3 Å². The SMILES string of the molecule is COc1ccc(N([C@@H](C)C(=O)N[C@H](C)c2cc(C(C)C)c(OC)cc2C)S(C)(=O)=O)cc1. The van der Waals surface area contributed by atoms with Gasteiger partial charge in [-0.2, -0.15) is 0 Å². The van der Waals surface area contributed by atoms with Crippen molar-refractivity contribution in [3.8, 4) is 11.5 Å². The van der Waals surface area contributed by atoms with Gasteiger partial charge in [0, 0.05) is 0 Å². The lowest BCUT2D eigenvalue weighted by molar-refractivity contribution is -0.122. The number of ether oxygens (including phenoxy) is 2. The third-order valence-corrected chi connectivity index (χ3v) is 6.72. The van der Waals surface area contributed by atoms with Crippen LogP contribution in [0, 0.1) is 6.92 Å². The predicted molar refractivity (Wildman–Crippen MR) is 128 cm³/mol. The second-order valence-corrected chi connectivity index (χ2v) is 10.1. The molecule has 0 aliphatic carbocycles. The number of aryl methyl sites for hydroxylation is 1. The van der Waals surface area contributed by atoms with Gasteiger partial charge < -0.3 is 14.8 Å². The Morgan fingerprint density at radius 2 is 1.56 bits per heavy atom. The van der Waals surface area contributed by atoms with Gasteiger partial charge in [-0.3, -0.25) is 9.10 Å². The first-order valence-electron chi connectivity index (χ1n) is 10.5. The smallest absolute Gasteiger partial charge is 0.244 e. The van der Waals surface area contributed by atoms with Gasteiger partial charge in [-0.25, -0.2) is 8.42 Å². The lowest BCUT2D eigenvalue weighted by Gasteiger charge is -2.30. The fourth-order valence-corrected chi connectivity index (χ4v) is 4.93. The Hall–Kier alpha value is -2.74. The fraction of sp³-hybridized carbons (Fsp3) is 0.458. The highest BCUT2D eigenvalue weighted by Gasteiger charge is 2.30. The van der Waals surface area contributed by atoms with Crippen LogP contribution in [0.2, 0.25) is 0 Å². The molecule has 0 aliphatic heterocycles.